The molecule has 1 aliphatic heterocycles. The molecule has 0 aliphatic carbocycles. The molecule has 0 saturated carbocycles. The number of aliphatic hydroxyl groups excluding tert-OH is 1. The van der Waals surface area contributed by atoms with E-state index in [0.29, 0.717) is 37.0 Å². The fourth-order valence-electron chi connectivity index (χ4n) is 3.02. The first-order valence-corrected chi connectivity index (χ1v) is 7.83. The van der Waals surface area contributed by atoms with E-state index in [9.17, 15) is 9.90 Å². The molecule has 1 aromatic carbocycles. The van der Waals surface area contributed by atoms with Crippen LogP contribution in [0.2, 0.25) is 0 Å². The zero-order valence-electron chi connectivity index (χ0n) is 13.1. The van der Waals surface area contributed by atoms with Crippen LogP contribution in [0.15, 0.2) is 53.6 Å². The van der Waals surface area contributed by atoms with Crippen molar-refractivity contribution in [3.8, 4) is 17.3 Å². The maximum Gasteiger partial charge on any atom is 0.224 e. The minimum atomic E-state index is -0.167. The molecular weight excluding hydrogens is 306 g/mol. The van der Waals surface area contributed by atoms with Crippen LogP contribution >= 0.6 is 0 Å². The van der Waals surface area contributed by atoms with Gasteiger partial charge in [0.05, 0.1) is 18.5 Å². The molecule has 0 amide bonds. The third-order valence-corrected chi connectivity index (χ3v) is 4.23. The van der Waals surface area contributed by atoms with Crippen molar-refractivity contribution in [1.82, 2.24) is 14.1 Å². The van der Waals surface area contributed by atoms with E-state index < -0.39 is 0 Å². The highest BCUT2D eigenvalue weighted by molar-refractivity contribution is 5.61. The third kappa shape index (κ3) is 2.41. The van der Waals surface area contributed by atoms with Gasteiger partial charge in [-0.3, -0.25) is 4.79 Å². The van der Waals surface area contributed by atoms with Crippen molar-refractivity contribution in [3.63, 3.8) is 0 Å². The van der Waals surface area contributed by atoms with Gasteiger partial charge in [0.1, 0.15) is 12.3 Å². The lowest BCUT2D eigenvalue weighted by molar-refractivity contribution is 0.268. The maximum atomic E-state index is 12.4. The van der Waals surface area contributed by atoms with Crippen LogP contribution in [-0.4, -0.2) is 19.2 Å². The average Bonchev–Trinajstić information content (AvgIpc) is 3.05. The number of aliphatic hydroxyl groups is 1. The highest BCUT2D eigenvalue weighted by Gasteiger charge is 2.24. The second-order valence-corrected chi connectivity index (χ2v) is 5.71. The van der Waals surface area contributed by atoms with E-state index in [4.69, 9.17) is 4.74 Å². The lowest BCUT2D eigenvalue weighted by Gasteiger charge is -2.23. The molecule has 1 N–H and O–H groups in total. The van der Waals surface area contributed by atoms with Crippen LogP contribution in [0.25, 0.3) is 11.5 Å². The Hall–Kier alpha value is -2.86. The number of aromatic nitrogens is 3. The summed E-state index contributed by atoms with van der Waals surface area (Å²) in [6.45, 7) is 1.65. The highest BCUT2D eigenvalue weighted by Crippen LogP contribution is 2.31. The number of hydrogen-bond donors (Lipinski definition) is 1. The first kappa shape index (κ1) is 14.7. The number of aryl methyl sites for hydroxylation is 1. The molecule has 3 aromatic rings. The lowest BCUT2D eigenvalue weighted by Crippen LogP contribution is -2.23. The fourth-order valence-corrected chi connectivity index (χ4v) is 3.02. The van der Waals surface area contributed by atoms with Gasteiger partial charge in [-0.05, 0) is 5.56 Å². The van der Waals surface area contributed by atoms with E-state index in [1.807, 2.05) is 39.5 Å². The van der Waals surface area contributed by atoms with E-state index in [1.54, 1.807) is 12.4 Å². The molecule has 0 fully saturated rings. The summed E-state index contributed by atoms with van der Waals surface area (Å²) in [6, 6.07) is 11.2. The molecule has 1 aliphatic rings. The molecule has 0 spiro atoms. The first-order chi connectivity index (χ1) is 11.8. The molecular formula is C18H17N3O3. The number of nitrogens with zero attached hydrogens (tertiary/aromatic N) is 3. The smallest absolute Gasteiger partial charge is 0.224 e. The Balaban J connectivity index is 1.77. The largest absolute Gasteiger partial charge is 0.483 e. The van der Waals surface area contributed by atoms with Crippen LogP contribution in [0, 0.1) is 0 Å². The minimum absolute atomic E-state index is 0.0791. The van der Waals surface area contributed by atoms with Gasteiger partial charge >= 0.3 is 0 Å². The van der Waals surface area contributed by atoms with Gasteiger partial charge in [0.2, 0.25) is 5.43 Å². The molecule has 0 bridgehead atoms. The summed E-state index contributed by atoms with van der Waals surface area (Å²) < 4.78 is 9.78. The molecule has 3 heterocycles. The Kier molecular flexibility index (Phi) is 3.66. The van der Waals surface area contributed by atoms with Crippen LogP contribution in [0.5, 0.6) is 5.75 Å². The zero-order valence-corrected chi connectivity index (χ0v) is 13.1. The van der Waals surface area contributed by atoms with Crippen LogP contribution in [0.4, 0.5) is 0 Å². The number of imidazole rings is 1. The summed E-state index contributed by atoms with van der Waals surface area (Å²) in [6.07, 6.45) is 3.41. The molecule has 4 rings (SSSR count). The van der Waals surface area contributed by atoms with Crippen LogP contribution in [0.1, 0.15) is 11.3 Å². The van der Waals surface area contributed by atoms with Crippen molar-refractivity contribution in [1.29, 1.82) is 0 Å². The zero-order chi connectivity index (χ0) is 16.5. The minimum Gasteiger partial charge on any atom is -0.483 e. The van der Waals surface area contributed by atoms with Crippen molar-refractivity contribution in [3.05, 3.63) is 70.3 Å². The van der Waals surface area contributed by atoms with Gasteiger partial charge in [0.15, 0.2) is 11.6 Å². The molecule has 0 saturated heterocycles. The highest BCUT2D eigenvalue weighted by atomic mass is 16.5. The van der Waals surface area contributed by atoms with Gasteiger partial charge in [-0.1, -0.05) is 30.3 Å². The van der Waals surface area contributed by atoms with E-state index in [2.05, 4.69) is 4.98 Å². The second-order valence-electron chi connectivity index (χ2n) is 5.71. The van der Waals surface area contributed by atoms with Gasteiger partial charge in [0.25, 0.3) is 0 Å². The van der Waals surface area contributed by atoms with Crippen molar-refractivity contribution in [2.75, 3.05) is 0 Å². The van der Waals surface area contributed by atoms with Crippen LogP contribution in [0.3, 0.4) is 0 Å². The van der Waals surface area contributed by atoms with Crippen molar-refractivity contribution in [2.45, 2.75) is 26.3 Å². The maximum absolute atomic E-state index is 12.4. The predicted octanol–water partition coefficient (Wildman–Crippen LogP) is 1.80. The molecule has 6 nitrogen and oxygen atoms in total. The summed E-state index contributed by atoms with van der Waals surface area (Å²) in [5.41, 5.74) is 2.24. The molecule has 6 heteroatoms. The topological polar surface area (TPSA) is 69.3 Å². The quantitative estimate of drug-likeness (QED) is 0.795. The summed E-state index contributed by atoms with van der Waals surface area (Å²) in [7, 11) is 0. The Morgan fingerprint density at radius 3 is 2.79 bits per heavy atom. The first-order valence-electron chi connectivity index (χ1n) is 7.83. The van der Waals surface area contributed by atoms with Crippen LogP contribution < -0.4 is 10.2 Å². The van der Waals surface area contributed by atoms with Crippen LogP contribution in [-0.2, 0) is 26.3 Å². The fraction of sp³-hybridized carbons (Fsp3) is 0.222. The number of fused-ring (bicyclic) bond motifs is 3. The lowest BCUT2D eigenvalue weighted by atomic mass is 10.2. The Labute approximate surface area is 138 Å². The number of pyridine rings is 1. The second kappa shape index (κ2) is 5.98. The Morgan fingerprint density at radius 2 is 2.00 bits per heavy atom. The molecule has 0 atom stereocenters. The molecule has 2 aromatic heterocycles. The normalized spacial score (nSPS) is 12.5. The van der Waals surface area contributed by atoms with E-state index in [-0.39, 0.29) is 12.0 Å². The van der Waals surface area contributed by atoms with E-state index >= 15 is 0 Å². The van der Waals surface area contributed by atoms with Crippen molar-refractivity contribution in [2.24, 2.45) is 0 Å². The number of benzene rings is 1. The summed E-state index contributed by atoms with van der Waals surface area (Å²) >= 11 is 0. The SMILES string of the molecule is O=c1ccn2c(c1OCc1ccccc1)-c1ncc(CO)n1CC2. The molecule has 0 radical (unpaired) electrons. The van der Waals surface area contributed by atoms with Gasteiger partial charge in [-0.2, -0.15) is 0 Å². The monoisotopic (exact) mass is 323 g/mol. The van der Waals surface area contributed by atoms with Gasteiger partial charge in [0, 0.05) is 25.4 Å². The number of ether oxygens (including phenoxy) is 1. The standard InChI is InChI=1S/C18H17N3O3/c22-11-14-10-19-18-16-17(24-12-13-4-2-1-3-5-13)15(23)6-7-20(16)8-9-21(14)18/h1-7,10,22H,8-9,11-12H2. The Morgan fingerprint density at radius 1 is 1.17 bits per heavy atom. The molecule has 0 unspecified atom stereocenters. The van der Waals surface area contributed by atoms with Gasteiger partial charge in [-0.25, -0.2) is 4.98 Å². The number of rotatable bonds is 4. The predicted molar refractivity (Wildman–Crippen MR) is 88.6 cm³/mol. The molecule has 122 valence electrons. The average molecular weight is 323 g/mol. The van der Waals surface area contributed by atoms with Gasteiger partial charge in [-0.15, -0.1) is 0 Å². The summed E-state index contributed by atoms with van der Waals surface area (Å²) in [5, 5.41) is 9.45. The number of hydrogen-bond acceptors (Lipinski definition) is 4. The third-order valence-electron chi connectivity index (χ3n) is 4.23. The molecule has 24 heavy (non-hydrogen) atoms. The van der Waals surface area contributed by atoms with Crippen molar-refractivity contribution >= 4 is 0 Å². The van der Waals surface area contributed by atoms with E-state index in [1.165, 1.54) is 6.07 Å². The Bertz CT molecular complexity index is 928. The van der Waals surface area contributed by atoms with Gasteiger partial charge < -0.3 is 19.0 Å². The summed E-state index contributed by atoms with van der Waals surface area (Å²) in [5.74, 6) is 0.962. The van der Waals surface area contributed by atoms with Crippen molar-refractivity contribution < 1.29 is 9.84 Å². The van der Waals surface area contributed by atoms with E-state index in [0.717, 1.165) is 11.3 Å². The summed E-state index contributed by atoms with van der Waals surface area (Å²) in [4.78, 5) is 16.8.